The third kappa shape index (κ3) is 1.20. The van der Waals surface area contributed by atoms with E-state index in [-0.39, 0.29) is 5.91 Å². The molecular formula is C12H10N2O2. The van der Waals surface area contributed by atoms with Crippen LogP contribution in [0, 0.1) is 0 Å². The Hall–Kier alpha value is -1.93. The number of amides is 1. The van der Waals surface area contributed by atoms with Gasteiger partial charge in [-0.15, -0.1) is 0 Å². The van der Waals surface area contributed by atoms with Crippen LogP contribution in [-0.2, 0) is 21.5 Å². The molecular weight excluding hydrogens is 204 g/mol. The third-order valence-corrected chi connectivity index (χ3v) is 3.25. The Morgan fingerprint density at radius 1 is 1.38 bits per heavy atom. The van der Waals surface area contributed by atoms with Crippen LogP contribution >= 0.6 is 0 Å². The summed E-state index contributed by atoms with van der Waals surface area (Å²) in [6.07, 6.45) is 3.77. The Labute approximate surface area is 92.4 Å². The minimum atomic E-state index is -0.412. The number of nitrogens with zero attached hydrogens (tertiary/aromatic N) is 1. The number of rotatable bonds is 2. The van der Waals surface area contributed by atoms with E-state index in [9.17, 15) is 9.59 Å². The second-order valence-electron chi connectivity index (χ2n) is 4.30. The van der Waals surface area contributed by atoms with Crippen LogP contribution in [0.1, 0.15) is 24.0 Å². The van der Waals surface area contributed by atoms with E-state index in [1.54, 1.807) is 6.08 Å². The van der Waals surface area contributed by atoms with Gasteiger partial charge >= 0.3 is 0 Å². The van der Waals surface area contributed by atoms with Gasteiger partial charge in [0, 0.05) is 5.56 Å². The first kappa shape index (κ1) is 9.31. The van der Waals surface area contributed by atoms with Crippen LogP contribution in [0.25, 0.3) is 0 Å². The number of benzene rings is 1. The highest BCUT2D eigenvalue weighted by Crippen LogP contribution is 2.52. The van der Waals surface area contributed by atoms with Gasteiger partial charge in [-0.3, -0.25) is 4.79 Å². The second kappa shape index (κ2) is 3.03. The Morgan fingerprint density at radius 2 is 2.19 bits per heavy atom. The van der Waals surface area contributed by atoms with Crippen LogP contribution in [0.3, 0.4) is 0 Å². The maximum absolute atomic E-state index is 11.3. The SMILES string of the molecule is O=C=NC1(c2cccc3c2NC(=O)C3)CC1. The van der Waals surface area contributed by atoms with Gasteiger partial charge in [0.2, 0.25) is 12.0 Å². The van der Waals surface area contributed by atoms with E-state index in [2.05, 4.69) is 10.3 Å². The molecule has 1 aromatic rings. The zero-order chi connectivity index (χ0) is 11.2. The number of carbonyl (C=O) groups excluding carboxylic acids is 2. The highest BCUT2D eigenvalue weighted by atomic mass is 16.1. The molecule has 0 unspecified atom stereocenters. The van der Waals surface area contributed by atoms with E-state index >= 15 is 0 Å². The fraction of sp³-hybridized carbons (Fsp3) is 0.333. The van der Waals surface area contributed by atoms with Crippen molar-refractivity contribution in [3.8, 4) is 0 Å². The average Bonchev–Trinajstić information content (AvgIpc) is 2.92. The standard InChI is InChI=1S/C12H10N2O2/c15-7-13-12(4-5-12)9-3-1-2-8-6-10(16)14-11(8)9/h1-3H,4-6H2,(H,14,16). The number of nitrogens with one attached hydrogen (secondary N) is 1. The first-order valence-electron chi connectivity index (χ1n) is 5.26. The minimum Gasteiger partial charge on any atom is -0.325 e. The van der Waals surface area contributed by atoms with Crippen molar-refractivity contribution in [2.75, 3.05) is 5.32 Å². The summed E-state index contributed by atoms with van der Waals surface area (Å²) in [7, 11) is 0. The van der Waals surface area contributed by atoms with Crippen molar-refractivity contribution in [1.29, 1.82) is 0 Å². The number of carbonyl (C=O) groups is 1. The molecule has 2 aliphatic rings. The van der Waals surface area contributed by atoms with Gasteiger partial charge in [-0.25, -0.2) is 4.79 Å². The lowest BCUT2D eigenvalue weighted by molar-refractivity contribution is -0.115. The maximum atomic E-state index is 11.3. The molecule has 1 N–H and O–H groups in total. The van der Waals surface area contributed by atoms with Gasteiger partial charge in [-0.05, 0) is 18.4 Å². The number of hydrogen-bond donors (Lipinski definition) is 1. The molecule has 80 valence electrons. The molecule has 0 radical (unpaired) electrons. The van der Waals surface area contributed by atoms with Gasteiger partial charge in [0.15, 0.2) is 0 Å². The number of para-hydroxylation sites is 1. The molecule has 16 heavy (non-hydrogen) atoms. The number of hydrogen-bond acceptors (Lipinski definition) is 3. The van der Waals surface area contributed by atoms with Crippen molar-refractivity contribution in [2.45, 2.75) is 24.8 Å². The third-order valence-electron chi connectivity index (χ3n) is 3.25. The molecule has 3 rings (SSSR count). The van der Waals surface area contributed by atoms with Gasteiger partial charge in [0.05, 0.1) is 12.1 Å². The van der Waals surface area contributed by atoms with Gasteiger partial charge in [0.1, 0.15) is 5.54 Å². The van der Waals surface area contributed by atoms with Crippen LogP contribution < -0.4 is 5.32 Å². The van der Waals surface area contributed by atoms with E-state index in [0.717, 1.165) is 29.7 Å². The van der Waals surface area contributed by atoms with Gasteiger partial charge in [0.25, 0.3) is 0 Å². The molecule has 0 bridgehead atoms. The Morgan fingerprint density at radius 3 is 2.88 bits per heavy atom. The first-order valence-corrected chi connectivity index (χ1v) is 5.26. The Kier molecular flexibility index (Phi) is 1.76. The summed E-state index contributed by atoms with van der Waals surface area (Å²) >= 11 is 0. The molecule has 4 nitrogen and oxygen atoms in total. The summed E-state index contributed by atoms with van der Waals surface area (Å²) in [6.45, 7) is 0. The maximum Gasteiger partial charge on any atom is 0.235 e. The van der Waals surface area contributed by atoms with Crippen LogP contribution in [-0.4, -0.2) is 12.0 Å². The fourth-order valence-corrected chi connectivity index (χ4v) is 2.29. The molecule has 4 heteroatoms. The zero-order valence-electron chi connectivity index (χ0n) is 8.62. The number of fused-ring (bicyclic) bond motifs is 1. The molecule has 1 heterocycles. The summed E-state index contributed by atoms with van der Waals surface area (Å²) in [4.78, 5) is 25.6. The van der Waals surface area contributed by atoms with Crippen molar-refractivity contribution >= 4 is 17.7 Å². The minimum absolute atomic E-state index is 0.00772. The molecule has 0 saturated heterocycles. The molecule has 1 aromatic carbocycles. The van der Waals surface area contributed by atoms with Crippen molar-refractivity contribution < 1.29 is 9.59 Å². The fourth-order valence-electron chi connectivity index (χ4n) is 2.29. The summed E-state index contributed by atoms with van der Waals surface area (Å²) in [5.74, 6) is 0.00772. The molecule has 1 amide bonds. The molecule has 1 saturated carbocycles. The van der Waals surface area contributed by atoms with E-state index in [4.69, 9.17) is 0 Å². The van der Waals surface area contributed by atoms with Gasteiger partial charge in [-0.1, -0.05) is 18.2 Å². The number of aliphatic imine (C=N–C) groups is 1. The lowest BCUT2D eigenvalue weighted by Gasteiger charge is -2.12. The summed E-state index contributed by atoms with van der Waals surface area (Å²) in [5.41, 5.74) is 2.39. The topological polar surface area (TPSA) is 58.5 Å². The quantitative estimate of drug-likeness (QED) is 0.599. The van der Waals surface area contributed by atoms with Crippen molar-refractivity contribution in [3.63, 3.8) is 0 Å². The molecule has 1 fully saturated rings. The summed E-state index contributed by atoms with van der Waals surface area (Å²) in [5, 5.41) is 2.84. The Balaban J connectivity index is 2.13. The van der Waals surface area contributed by atoms with Gasteiger partial charge in [-0.2, -0.15) is 4.99 Å². The largest absolute Gasteiger partial charge is 0.325 e. The highest BCUT2D eigenvalue weighted by Gasteiger charge is 2.47. The van der Waals surface area contributed by atoms with Crippen LogP contribution in [0.5, 0.6) is 0 Å². The van der Waals surface area contributed by atoms with E-state index in [0.29, 0.717) is 6.42 Å². The van der Waals surface area contributed by atoms with Crippen molar-refractivity contribution in [3.05, 3.63) is 29.3 Å². The molecule has 1 aliphatic carbocycles. The molecule has 0 atom stereocenters. The normalized spacial score (nSPS) is 19.6. The monoisotopic (exact) mass is 214 g/mol. The Bertz CT molecular complexity index is 526. The molecule has 0 aromatic heterocycles. The van der Waals surface area contributed by atoms with Gasteiger partial charge < -0.3 is 5.32 Å². The lowest BCUT2D eigenvalue weighted by atomic mass is 10.00. The average molecular weight is 214 g/mol. The van der Waals surface area contributed by atoms with E-state index < -0.39 is 5.54 Å². The lowest BCUT2D eigenvalue weighted by Crippen LogP contribution is -2.09. The number of isocyanates is 1. The highest BCUT2D eigenvalue weighted by molar-refractivity contribution is 6.00. The predicted octanol–water partition coefficient (Wildman–Crippen LogP) is 1.51. The zero-order valence-corrected chi connectivity index (χ0v) is 8.62. The van der Waals surface area contributed by atoms with Crippen LogP contribution in [0.15, 0.2) is 23.2 Å². The van der Waals surface area contributed by atoms with Crippen molar-refractivity contribution in [2.24, 2.45) is 4.99 Å². The first-order chi connectivity index (χ1) is 7.75. The van der Waals surface area contributed by atoms with Crippen LogP contribution in [0.4, 0.5) is 5.69 Å². The smallest absolute Gasteiger partial charge is 0.235 e. The van der Waals surface area contributed by atoms with E-state index in [1.165, 1.54) is 0 Å². The van der Waals surface area contributed by atoms with Crippen molar-refractivity contribution in [1.82, 2.24) is 0 Å². The van der Waals surface area contributed by atoms with E-state index in [1.807, 2.05) is 18.2 Å². The predicted molar refractivity (Wildman–Crippen MR) is 57.8 cm³/mol. The molecule has 0 spiro atoms. The summed E-state index contributed by atoms with van der Waals surface area (Å²) < 4.78 is 0. The summed E-state index contributed by atoms with van der Waals surface area (Å²) in [6, 6.07) is 5.77. The second-order valence-corrected chi connectivity index (χ2v) is 4.30. The number of anilines is 1. The van der Waals surface area contributed by atoms with Crippen LogP contribution in [0.2, 0.25) is 0 Å². The molecule has 1 aliphatic heterocycles.